The van der Waals surface area contributed by atoms with Crippen molar-refractivity contribution in [1.82, 2.24) is 4.90 Å². The fourth-order valence-electron chi connectivity index (χ4n) is 2.26. The number of aliphatic hydroxyl groups is 2. The highest BCUT2D eigenvalue weighted by Gasteiger charge is 2.29. The topological polar surface area (TPSA) is 69.7 Å². The van der Waals surface area contributed by atoms with Gasteiger partial charge in [0.1, 0.15) is 0 Å². The molecule has 0 saturated carbocycles. The molecule has 1 saturated heterocycles. The fraction of sp³-hybridized carbons (Fsp3) is 0.538. The lowest BCUT2D eigenvalue weighted by Gasteiger charge is -2.18. The molecule has 1 aromatic rings. The summed E-state index contributed by atoms with van der Waals surface area (Å²) in [6.45, 7) is 1.86. The van der Waals surface area contributed by atoms with Crippen molar-refractivity contribution in [2.45, 2.75) is 24.7 Å². The van der Waals surface area contributed by atoms with Gasteiger partial charge in [0.15, 0.2) is 0 Å². The molecule has 1 aromatic carbocycles. The molecule has 0 bridgehead atoms. The quantitative estimate of drug-likeness (QED) is 0.771. The predicted molar refractivity (Wildman–Crippen MR) is 74.1 cm³/mol. The summed E-state index contributed by atoms with van der Waals surface area (Å²) in [5.41, 5.74) is 7.24. The molecule has 0 radical (unpaired) electrons. The third kappa shape index (κ3) is 3.52. The number of likely N-dealkylation sites (tertiary alicyclic amines) is 1. The first-order valence-corrected chi connectivity index (χ1v) is 6.95. The molecular weight excluding hydrogens is 296 g/mol. The lowest BCUT2D eigenvalue weighted by molar-refractivity contribution is 0.0572. The third-order valence-electron chi connectivity index (χ3n) is 3.37. The SMILES string of the molecule is NC(CCN1CC(O)C(O)C1)c1cccc(Br)c1. The Labute approximate surface area is 116 Å². The van der Waals surface area contributed by atoms with E-state index in [1.54, 1.807) is 0 Å². The molecule has 4 nitrogen and oxygen atoms in total. The normalized spacial score (nSPS) is 26.4. The van der Waals surface area contributed by atoms with Crippen molar-refractivity contribution in [1.29, 1.82) is 0 Å². The minimum atomic E-state index is -0.618. The van der Waals surface area contributed by atoms with Crippen LogP contribution in [-0.2, 0) is 0 Å². The van der Waals surface area contributed by atoms with Gasteiger partial charge in [-0.3, -0.25) is 4.90 Å². The van der Waals surface area contributed by atoms with Gasteiger partial charge < -0.3 is 15.9 Å². The smallest absolute Gasteiger partial charge is 0.0938 e. The summed E-state index contributed by atoms with van der Waals surface area (Å²) in [7, 11) is 0. The molecule has 0 spiro atoms. The maximum Gasteiger partial charge on any atom is 0.0938 e. The van der Waals surface area contributed by atoms with Crippen LogP contribution in [0.25, 0.3) is 0 Å². The largest absolute Gasteiger partial charge is 0.389 e. The van der Waals surface area contributed by atoms with E-state index in [-0.39, 0.29) is 6.04 Å². The average molecular weight is 315 g/mol. The van der Waals surface area contributed by atoms with Gasteiger partial charge in [0.2, 0.25) is 0 Å². The second-order valence-electron chi connectivity index (χ2n) is 4.84. The van der Waals surface area contributed by atoms with E-state index in [1.807, 2.05) is 29.2 Å². The Bertz CT molecular complexity index is 392. The number of benzene rings is 1. The summed E-state index contributed by atoms with van der Waals surface area (Å²) >= 11 is 3.43. The van der Waals surface area contributed by atoms with Crippen LogP contribution in [0.5, 0.6) is 0 Å². The second kappa shape index (κ2) is 6.12. The van der Waals surface area contributed by atoms with Crippen molar-refractivity contribution >= 4 is 15.9 Å². The molecule has 0 aliphatic carbocycles. The van der Waals surface area contributed by atoms with Gasteiger partial charge in [0.05, 0.1) is 12.2 Å². The van der Waals surface area contributed by atoms with Crippen molar-refractivity contribution in [2.75, 3.05) is 19.6 Å². The average Bonchev–Trinajstić information content (AvgIpc) is 2.66. The van der Waals surface area contributed by atoms with E-state index >= 15 is 0 Å². The summed E-state index contributed by atoms with van der Waals surface area (Å²) < 4.78 is 1.03. The van der Waals surface area contributed by atoms with Crippen molar-refractivity contribution < 1.29 is 10.2 Å². The molecule has 0 aromatic heterocycles. The molecule has 3 unspecified atom stereocenters. The third-order valence-corrected chi connectivity index (χ3v) is 3.86. The summed E-state index contributed by atoms with van der Waals surface area (Å²) in [6.07, 6.45) is -0.421. The molecular formula is C13H19BrN2O2. The summed E-state index contributed by atoms with van der Waals surface area (Å²) in [5.74, 6) is 0. The highest BCUT2D eigenvalue weighted by molar-refractivity contribution is 9.10. The summed E-state index contributed by atoms with van der Waals surface area (Å²) in [4.78, 5) is 2.05. The fourth-order valence-corrected chi connectivity index (χ4v) is 2.67. The Kier molecular flexibility index (Phi) is 4.75. The zero-order valence-corrected chi connectivity index (χ0v) is 11.8. The first kappa shape index (κ1) is 14.0. The number of nitrogens with zero attached hydrogens (tertiary/aromatic N) is 1. The summed E-state index contributed by atoms with van der Waals surface area (Å²) in [5, 5.41) is 18.9. The second-order valence-corrected chi connectivity index (χ2v) is 5.76. The number of aliphatic hydroxyl groups excluding tert-OH is 2. The van der Waals surface area contributed by atoms with Crippen LogP contribution in [0.1, 0.15) is 18.0 Å². The van der Waals surface area contributed by atoms with Gasteiger partial charge in [-0.2, -0.15) is 0 Å². The van der Waals surface area contributed by atoms with Gasteiger partial charge in [-0.1, -0.05) is 28.1 Å². The van der Waals surface area contributed by atoms with Crippen LogP contribution in [0.3, 0.4) is 0 Å². The van der Waals surface area contributed by atoms with E-state index in [0.717, 1.165) is 23.0 Å². The minimum absolute atomic E-state index is 0.0163. The zero-order chi connectivity index (χ0) is 13.1. The molecule has 1 fully saturated rings. The first-order chi connectivity index (χ1) is 8.56. The molecule has 1 aliphatic heterocycles. The van der Waals surface area contributed by atoms with Crippen LogP contribution in [0.4, 0.5) is 0 Å². The monoisotopic (exact) mass is 314 g/mol. The maximum atomic E-state index is 9.46. The standard InChI is InChI=1S/C13H19BrN2O2/c14-10-3-1-2-9(6-10)11(15)4-5-16-7-12(17)13(18)8-16/h1-3,6,11-13,17-18H,4-5,7-8,15H2. The molecule has 5 heteroatoms. The van der Waals surface area contributed by atoms with Gasteiger partial charge in [-0.15, -0.1) is 0 Å². The molecule has 4 N–H and O–H groups in total. The number of halogens is 1. The molecule has 2 rings (SSSR count). The van der Waals surface area contributed by atoms with E-state index in [1.165, 1.54) is 0 Å². The Morgan fingerprint density at radius 3 is 2.61 bits per heavy atom. The minimum Gasteiger partial charge on any atom is -0.389 e. The van der Waals surface area contributed by atoms with Gasteiger partial charge in [0, 0.05) is 30.1 Å². The zero-order valence-electron chi connectivity index (χ0n) is 10.2. The molecule has 3 atom stereocenters. The van der Waals surface area contributed by atoms with Crippen LogP contribution in [-0.4, -0.2) is 47.0 Å². The Morgan fingerprint density at radius 1 is 1.33 bits per heavy atom. The van der Waals surface area contributed by atoms with E-state index in [0.29, 0.717) is 13.1 Å². The van der Waals surface area contributed by atoms with Crippen LogP contribution >= 0.6 is 15.9 Å². The van der Waals surface area contributed by atoms with Gasteiger partial charge in [0.25, 0.3) is 0 Å². The molecule has 18 heavy (non-hydrogen) atoms. The Balaban J connectivity index is 1.83. The number of β-amino-alcohol motifs (C(OH)–C–C–N with tert-alkyl or cyclic N) is 2. The highest BCUT2D eigenvalue weighted by Crippen LogP contribution is 2.20. The van der Waals surface area contributed by atoms with Crippen molar-refractivity contribution in [2.24, 2.45) is 5.73 Å². The van der Waals surface area contributed by atoms with E-state index in [4.69, 9.17) is 5.73 Å². The Morgan fingerprint density at radius 2 is 2.00 bits per heavy atom. The van der Waals surface area contributed by atoms with Crippen LogP contribution < -0.4 is 5.73 Å². The predicted octanol–water partition coefficient (Wildman–Crippen LogP) is 0.876. The van der Waals surface area contributed by atoms with Crippen LogP contribution in [0.15, 0.2) is 28.7 Å². The maximum absolute atomic E-state index is 9.46. The van der Waals surface area contributed by atoms with E-state index in [9.17, 15) is 10.2 Å². The first-order valence-electron chi connectivity index (χ1n) is 6.16. The molecule has 0 amide bonds. The van der Waals surface area contributed by atoms with Gasteiger partial charge >= 0.3 is 0 Å². The lowest BCUT2D eigenvalue weighted by atomic mass is 10.0. The van der Waals surface area contributed by atoms with Crippen molar-refractivity contribution in [3.63, 3.8) is 0 Å². The summed E-state index contributed by atoms with van der Waals surface area (Å²) in [6, 6.07) is 7.98. The van der Waals surface area contributed by atoms with Crippen LogP contribution in [0.2, 0.25) is 0 Å². The number of hydrogen-bond donors (Lipinski definition) is 3. The van der Waals surface area contributed by atoms with Crippen LogP contribution in [0, 0.1) is 0 Å². The molecule has 1 heterocycles. The van der Waals surface area contributed by atoms with E-state index in [2.05, 4.69) is 15.9 Å². The van der Waals surface area contributed by atoms with Gasteiger partial charge in [-0.25, -0.2) is 0 Å². The van der Waals surface area contributed by atoms with E-state index < -0.39 is 12.2 Å². The Hall–Kier alpha value is -0.460. The molecule has 1 aliphatic rings. The van der Waals surface area contributed by atoms with Crippen molar-refractivity contribution in [3.05, 3.63) is 34.3 Å². The lowest BCUT2D eigenvalue weighted by Crippen LogP contribution is -2.26. The number of nitrogens with two attached hydrogens (primary N) is 1. The number of hydrogen-bond acceptors (Lipinski definition) is 4. The van der Waals surface area contributed by atoms with Crippen molar-refractivity contribution in [3.8, 4) is 0 Å². The molecule has 100 valence electrons. The van der Waals surface area contributed by atoms with Gasteiger partial charge in [-0.05, 0) is 24.1 Å². The highest BCUT2D eigenvalue weighted by atomic mass is 79.9. The number of rotatable bonds is 4.